The van der Waals surface area contributed by atoms with Gasteiger partial charge in [-0.15, -0.1) is 0 Å². The van der Waals surface area contributed by atoms with Crippen molar-refractivity contribution in [3.05, 3.63) is 72.3 Å². The van der Waals surface area contributed by atoms with Crippen molar-refractivity contribution in [3.63, 3.8) is 0 Å². The Morgan fingerprint density at radius 3 is 2.62 bits per heavy atom. The van der Waals surface area contributed by atoms with Crippen LogP contribution in [0.25, 0.3) is 5.69 Å². The highest BCUT2D eigenvalue weighted by molar-refractivity contribution is 7.89. The molecule has 1 aliphatic rings. The Kier molecular flexibility index (Phi) is 6.33. The van der Waals surface area contributed by atoms with Crippen LogP contribution in [0.4, 0.5) is 4.39 Å². The van der Waals surface area contributed by atoms with Gasteiger partial charge >= 0.3 is 0 Å². The largest absolute Gasteiger partial charge is 0.352 e. The fourth-order valence-electron chi connectivity index (χ4n) is 3.83. The Morgan fingerprint density at radius 2 is 2.00 bits per heavy atom. The van der Waals surface area contributed by atoms with E-state index >= 15 is 0 Å². The first-order valence-electron chi connectivity index (χ1n) is 10.3. The number of carbonyl (C=O) groups excluding carboxylic acids is 1. The lowest BCUT2D eigenvalue weighted by atomic mass is 9.97. The summed E-state index contributed by atoms with van der Waals surface area (Å²) in [6.07, 6.45) is 7.00. The molecule has 1 fully saturated rings. The van der Waals surface area contributed by atoms with Gasteiger partial charge in [0.1, 0.15) is 16.5 Å². The molecule has 8 nitrogen and oxygen atoms in total. The number of hydrogen-bond acceptors (Lipinski definition) is 5. The molecule has 1 saturated heterocycles. The maximum atomic E-state index is 14.5. The molecule has 2 aromatic heterocycles. The topological polar surface area (TPSA) is 97.2 Å². The minimum Gasteiger partial charge on any atom is -0.352 e. The van der Waals surface area contributed by atoms with E-state index in [0.29, 0.717) is 29.9 Å². The molecule has 0 unspecified atom stereocenters. The second-order valence-electron chi connectivity index (χ2n) is 7.72. The number of nitrogens with one attached hydrogen (secondary N) is 1. The van der Waals surface area contributed by atoms with Gasteiger partial charge in [-0.3, -0.25) is 9.78 Å². The van der Waals surface area contributed by atoms with Crippen molar-refractivity contribution < 1.29 is 17.6 Å². The minimum atomic E-state index is -3.61. The molecule has 1 N–H and O–H groups in total. The molecule has 4 rings (SSSR count). The molecule has 0 aliphatic carbocycles. The van der Waals surface area contributed by atoms with Crippen LogP contribution in [0.1, 0.15) is 24.2 Å². The third kappa shape index (κ3) is 4.56. The monoisotopic (exact) mass is 457 g/mol. The zero-order valence-electron chi connectivity index (χ0n) is 17.6. The number of nitrogens with zero attached hydrogens (tertiary/aromatic N) is 4. The van der Waals surface area contributed by atoms with Crippen LogP contribution in [0, 0.1) is 18.7 Å². The summed E-state index contributed by atoms with van der Waals surface area (Å²) in [7, 11) is -3.61. The number of sulfonamides is 1. The number of piperidine rings is 1. The zero-order chi connectivity index (χ0) is 22.7. The summed E-state index contributed by atoms with van der Waals surface area (Å²) in [6.45, 7) is 2.53. The van der Waals surface area contributed by atoms with Crippen LogP contribution in [0.5, 0.6) is 0 Å². The van der Waals surface area contributed by atoms with Gasteiger partial charge in [0.05, 0.1) is 5.69 Å². The highest BCUT2D eigenvalue weighted by Crippen LogP contribution is 2.24. The maximum absolute atomic E-state index is 14.5. The third-order valence-corrected chi connectivity index (χ3v) is 7.54. The van der Waals surface area contributed by atoms with Crippen molar-refractivity contribution >= 4 is 15.9 Å². The van der Waals surface area contributed by atoms with Crippen molar-refractivity contribution in [2.75, 3.05) is 13.1 Å². The molecule has 0 saturated carbocycles. The van der Waals surface area contributed by atoms with E-state index in [0.717, 1.165) is 0 Å². The van der Waals surface area contributed by atoms with E-state index in [4.69, 9.17) is 0 Å². The number of imidazole rings is 1. The Labute approximate surface area is 186 Å². The summed E-state index contributed by atoms with van der Waals surface area (Å²) < 4.78 is 43.0. The normalized spacial score (nSPS) is 15.6. The van der Waals surface area contributed by atoms with Crippen LogP contribution < -0.4 is 5.32 Å². The number of aryl methyl sites for hydroxylation is 1. The Balaban J connectivity index is 1.32. The van der Waals surface area contributed by atoms with E-state index in [2.05, 4.69) is 15.3 Å². The number of benzene rings is 1. The molecule has 0 atom stereocenters. The van der Waals surface area contributed by atoms with Crippen LogP contribution in [0.3, 0.4) is 0 Å². The number of carbonyl (C=O) groups is 1. The van der Waals surface area contributed by atoms with Crippen LogP contribution in [0.2, 0.25) is 0 Å². The molecular weight excluding hydrogens is 433 g/mol. The first kappa shape index (κ1) is 22.1. The smallest absolute Gasteiger partial charge is 0.244 e. The summed E-state index contributed by atoms with van der Waals surface area (Å²) in [5, 5.41) is 2.84. The number of aromatic nitrogens is 3. The summed E-state index contributed by atoms with van der Waals surface area (Å²) in [6, 6.07) is 7.92. The quantitative estimate of drug-likeness (QED) is 0.613. The molecule has 0 radical (unpaired) electrons. The van der Waals surface area contributed by atoms with Crippen LogP contribution in [-0.4, -0.2) is 46.3 Å². The van der Waals surface area contributed by atoms with Gasteiger partial charge < -0.3 is 9.88 Å². The lowest BCUT2D eigenvalue weighted by Crippen LogP contribution is -2.42. The van der Waals surface area contributed by atoms with Gasteiger partial charge in [-0.2, -0.15) is 4.31 Å². The molecule has 3 heterocycles. The van der Waals surface area contributed by atoms with Crippen LogP contribution >= 0.6 is 0 Å². The van der Waals surface area contributed by atoms with Gasteiger partial charge in [0, 0.05) is 50.3 Å². The molecule has 10 heteroatoms. The standard InChI is InChI=1S/C22H24FN5O3S/c1-16-25-9-12-28(16)21-5-4-17(13-20(21)23)14-26-22(29)18-6-10-27(11-7-18)32(30,31)19-3-2-8-24-15-19/h2-5,8-9,12-13,15,18H,6-7,10-11,14H2,1H3,(H,26,29). The second-order valence-corrected chi connectivity index (χ2v) is 9.65. The summed E-state index contributed by atoms with van der Waals surface area (Å²) >= 11 is 0. The lowest BCUT2D eigenvalue weighted by molar-refractivity contribution is -0.126. The predicted molar refractivity (Wildman–Crippen MR) is 116 cm³/mol. The van der Waals surface area contributed by atoms with Gasteiger partial charge in [-0.25, -0.2) is 17.8 Å². The second kappa shape index (κ2) is 9.17. The summed E-state index contributed by atoms with van der Waals surface area (Å²) in [4.78, 5) is 20.7. The van der Waals surface area contributed by atoms with Crippen molar-refractivity contribution in [1.82, 2.24) is 24.2 Å². The zero-order valence-corrected chi connectivity index (χ0v) is 18.4. The van der Waals surface area contributed by atoms with E-state index < -0.39 is 15.8 Å². The van der Waals surface area contributed by atoms with Gasteiger partial charge in [0.25, 0.3) is 0 Å². The Morgan fingerprint density at radius 1 is 1.22 bits per heavy atom. The van der Waals surface area contributed by atoms with E-state index in [1.54, 1.807) is 42.1 Å². The highest BCUT2D eigenvalue weighted by Gasteiger charge is 2.32. The van der Waals surface area contributed by atoms with Gasteiger partial charge in [0.2, 0.25) is 15.9 Å². The van der Waals surface area contributed by atoms with E-state index in [1.807, 2.05) is 0 Å². The average molecular weight is 458 g/mol. The SMILES string of the molecule is Cc1nccn1-c1ccc(CNC(=O)C2CCN(S(=O)(=O)c3cccnc3)CC2)cc1F. The minimum absolute atomic E-state index is 0.152. The number of rotatable bonds is 6. The van der Waals surface area contributed by atoms with Gasteiger partial charge in [-0.1, -0.05) is 6.07 Å². The van der Waals surface area contributed by atoms with Gasteiger partial charge in [-0.05, 0) is 49.6 Å². The molecule has 32 heavy (non-hydrogen) atoms. The number of amides is 1. The van der Waals surface area contributed by atoms with Gasteiger partial charge in [0.15, 0.2) is 0 Å². The molecule has 0 spiro atoms. The molecule has 1 amide bonds. The maximum Gasteiger partial charge on any atom is 0.244 e. The summed E-state index contributed by atoms with van der Waals surface area (Å²) in [5.74, 6) is -0.153. The number of hydrogen-bond donors (Lipinski definition) is 1. The Bertz CT molecular complexity index is 1210. The fraction of sp³-hybridized carbons (Fsp3) is 0.318. The third-order valence-electron chi connectivity index (χ3n) is 5.66. The van der Waals surface area contributed by atoms with E-state index in [9.17, 15) is 17.6 Å². The van der Waals surface area contributed by atoms with Crippen molar-refractivity contribution in [1.29, 1.82) is 0 Å². The average Bonchev–Trinajstić information content (AvgIpc) is 3.23. The molecule has 1 aromatic carbocycles. The van der Waals surface area contributed by atoms with Crippen molar-refractivity contribution in [2.24, 2.45) is 5.92 Å². The molecular formula is C22H24FN5O3S. The van der Waals surface area contributed by atoms with Crippen LogP contribution in [-0.2, 0) is 21.4 Å². The first-order chi connectivity index (χ1) is 15.4. The highest BCUT2D eigenvalue weighted by atomic mass is 32.2. The van der Waals surface area contributed by atoms with E-state index in [-0.39, 0.29) is 36.4 Å². The van der Waals surface area contributed by atoms with Crippen molar-refractivity contribution in [3.8, 4) is 5.69 Å². The molecule has 3 aromatic rings. The summed E-state index contributed by atoms with van der Waals surface area (Å²) in [5.41, 5.74) is 1.05. The number of halogens is 1. The molecule has 0 bridgehead atoms. The van der Waals surface area contributed by atoms with Crippen LogP contribution in [0.15, 0.2) is 60.0 Å². The van der Waals surface area contributed by atoms with Crippen molar-refractivity contribution in [2.45, 2.75) is 31.2 Å². The first-order valence-corrected chi connectivity index (χ1v) is 11.8. The lowest BCUT2D eigenvalue weighted by Gasteiger charge is -2.30. The Hall–Kier alpha value is -3.11. The fourth-order valence-corrected chi connectivity index (χ4v) is 5.26. The number of pyridine rings is 1. The molecule has 168 valence electrons. The predicted octanol–water partition coefficient (Wildman–Crippen LogP) is 2.43. The molecule has 1 aliphatic heterocycles. The van der Waals surface area contributed by atoms with E-state index in [1.165, 1.54) is 28.8 Å².